The number of nitrogens with zero attached hydrogens (tertiary/aromatic N) is 2. The SMILES string of the molecule is CN=C(NCc1ccc(OCC2CC2)nc1)NCc1cccc(Cl)c1. The summed E-state index contributed by atoms with van der Waals surface area (Å²) in [5, 5.41) is 7.28. The van der Waals surface area contributed by atoms with Gasteiger partial charge in [-0.25, -0.2) is 4.98 Å². The Kier molecular flexibility index (Phi) is 6.12. The summed E-state index contributed by atoms with van der Waals surface area (Å²) in [5.41, 5.74) is 2.18. The molecule has 1 aliphatic carbocycles. The zero-order valence-electron chi connectivity index (χ0n) is 14.3. The van der Waals surface area contributed by atoms with E-state index in [1.807, 2.05) is 42.6 Å². The molecule has 132 valence electrons. The minimum Gasteiger partial charge on any atom is -0.477 e. The summed E-state index contributed by atoms with van der Waals surface area (Å²) in [5.74, 6) is 2.16. The molecular weight excluding hydrogens is 336 g/mol. The van der Waals surface area contributed by atoms with Crippen molar-refractivity contribution < 1.29 is 4.74 Å². The number of hydrogen-bond acceptors (Lipinski definition) is 3. The van der Waals surface area contributed by atoms with E-state index in [-0.39, 0.29) is 0 Å². The molecule has 1 aromatic carbocycles. The van der Waals surface area contributed by atoms with E-state index < -0.39 is 0 Å². The van der Waals surface area contributed by atoms with E-state index in [1.165, 1.54) is 12.8 Å². The van der Waals surface area contributed by atoms with Crippen LogP contribution in [0.25, 0.3) is 0 Å². The van der Waals surface area contributed by atoms with E-state index in [4.69, 9.17) is 16.3 Å². The second-order valence-corrected chi connectivity index (χ2v) is 6.60. The van der Waals surface area contributed by atoms with Gasteiger partial charge in [-0.05, 0) is 42.0 Å². The number of nitrogens with one attached hydrogen (secondary N) is 2. The van der Waals surface area contributed by atoms with Crippen LogP contribution in [0.1, 0.15) is 24.0 Å². The van der Waals surface area contributed by atoms with E-state index in [9.17, 15) is 0 Å². The molecule has 1 fully saturated rings. The Hall–Kier alpha value is -2.27. The second kappa shape index (κ2) is 8.72. The smallest absolute Gasteiger partial charge is 0.213 e. The van der Waals surface area contributed by atoms with Crippen molar-refractivity contribution in [3.63, 3.8) is 0 Å². The van der Waals surface area contributed by atoms with Crippen LogP contribution < -0.4 is 15.4 Å². The predicted molar refractivity (Wildman–Crippen MR) is 101 cm³/mol. The molecule has 0 spiro atoms. The molecule has 1 aromatic heterocycles. The number of aromatic nitrogens is 1. The summed E-state index contributed by atoms with van der Waals surface area (Å²) in [7, 11) is 1.75. The summed E-state index contributed by atoms with van der Waals surface area (Å²) in [6.45, 7) is 2.09. The molecule has 3 rings (SSSR count). The fourth-order valence-electron chi connectivity index (χ4n) is 2.33. The fraction of sp³-hybridized carbons (Fsp3) is 0.368. The van der Waals surface area contributed by atoms with Gasteiger partial charge in [0.05, 0.1) is 6.61 Å². The predicted octanol–water partition coefficient (Wildman–Crippen LogP) is 3.39. The first-order chi connectivity index (χ1) is 12.2. The molecule has 0 saturated heterocycles. The van der Waals surface area contributed by atoms with Crippen LogP contribution in [0.15, 0.2) is 47.6 Å². The van der Waals surface area contributed by atoms with Crippen molar-refractivity contribution in [2.75, 3.05) is 13.7 Å². The lowest BCUT2D eigenvalue weighted by atomic mass is 10.2. The van der Waals surface area contributed by atoms with Crippen LogP contribution in [-0.2, 0) is 13.1 Å². The molecule has 25 heavy (non-hydrogen) atoms. The van der Waals surface area contributed by atoms with Gasteiger partial charge >= 0.3 is 0 Å². The van der Waals surface area contributed by atoms with Gasteiger partial charge in [-0.2, -0.15) is 0 Å². The van der Waals surface area contributed by atoms with Crippen molar-refractivity contribution in [1.82, 2.24) is 15.6 Å². The third-order valence-electron chi connectivity index (χ3n) is 3.99. The van der Waals surface area contributed by atoms with Crippen molar-refractivity contribution in [2.24, 2.45) is 10.9 Å². The fourth-order valence-corrected chi connectivity index (χ4v) is 2.54. The monoisotopic (exact) mass is 358 g/mol. The summed E-state index contributed by atoms with van der Waals surface area (Å²) in [4.78, 5) is 8.58. The third-order valence-corrected chi connectivity index (χ3v) is 4.23. The number of halogens is 1. The van der Waals surface area contributed by atoms with Gasteiger partial charge < -0.3 is 15.4 Å². The van der Waals surface area contributed by atoms with Crippen molar-refractivity contribution in [3.8, 4) is 5.88 Å². The lowest BCUT2D eigenvalue weighted by molar-refractivity contribution is 0.288. The summed E-state index contributed by atoms with van der Waals surface area (Å²) in [6, 6.07) is 11.7. The molecule has 2 aromatic rings. The van der Waals surface area contributed by atoms with Crippen LogP contribution in [-0.4, -0.2) is 24.6 Å². The molecule has 0 aliphatic heterocycles. The Balaban J connectivity index is 1.44. The quantitative estimate of drug-likeness (QED) is 0.588. The van der Waals surface area contributed by atoms with E-state index >= 15 is 0 Å². The van der Waals surface area contributed by atoms with Crippen LogP contribution in [0.5, 0.6) is 5.88 Å². The highest BCUT2D eigenvalue weighted by Gasteiger charge is 2.21. The van der Waals surface area contributed by atoms with Gasteiger partial charge in [0.15, 0.2) is 5.96 Å². The first-order valence-electron chi connectivity index (χ1n) is 8.49. The molecule has 1 saturated carbocycles. The Morgan fingerprint density at radius 2 is 2.00 bits per heavy atom. The van der Waals surface area contributed by atoms with E-state index in [2.05, 4.69) is 20.6 Å². The molecule has 0 bridgehead atoms. The zero-order chi connectivity index (χ0) is 17.5. The topological polar surface area (TPSA) is 58.5 Å². The average Bonchev–Trinajstić information content (AvgIpc) is 3.45. The standard InChI is InChI=1S/C19H23ClN4O/c1-21-19(23-10-15-3-2-4-17(20)9-15)24-12-16-7-8-18(22-11-16)25-13-14-5-6-14/h2-4,7-9,11,14H,5-6,10,12-13H2,1H3,(H2,21,23,24). The number of guanidine groups is 1. The second-order valence-electron chi connectivity index (χ2n) is 6.17. The Morgan fingerprint density at radius 3 is 2.64 bits per heavy atom. The van der Waals surface area contributed by atoms with Gasteiger partial charge in [-0.3, -0.25) is 4.99 Å². The number of rotatable bonds is 7. The first-order valence-corrected chi connectivity index (χ1v) is 8.87. The van der Waals surface area contributed by atoms with Gasteiger partial charge in [-0.1, -0.05) is 29.8 Å². The van der Waals surface area contributed by atoms with Gasteiger partial charge in [0, 0.05) is 37.4 Å². The van der Waals surface area contributed by atoms with Crippen molar-refractivity contribution >= 4 is 17.6 Å². The Labute approximate surface area is 153 Å². The first kappa shape index (κ1) is 17.5. The number of pyridine rings is 1. The van der Waals surface area contributed by atoms with E-state index in [1.54, 1.807) is 7.05 Å². The van der Waals surface area contributed by atoms with Crippen LogP contribution in [0.3, 0.4) is 0 Å². The van der Waals surface area contributed by atoms with Crippen LogP contribution >= 0.6 is 11.6 Å². The molecule has 0 unspecified atom stereocenters. The summed E-state index contributed by atoms with van der Waals surface area (Å²) < 4.78 is 5.65. The van der Waals surface area contributed by atoms with Crippen LogP contribution in [0, 0.1) is 5.92 Å². The Morgan fingerprint density at radius 1 is 1.20 bits per heavy atom. The minimum absolute atomic E-state index is 0.644. The highest BCUT2D eigenvalue weighted by molar-refractivity contribution is 6.30. The maximum absolute atomic E-state index is 6.00. The van der Waals surface area contributed by atoms with Crippen molar-refractivity contribution in [2.45, 2.75) is 25.9 Å². The third kappa shape index (κ3) is 5.94. The maximum atomic E-state index is 6.00. The molecule has 6 heteroatoms. The lowest BCUT2D eigenvalue weighted by Crippen LogP contribution is -2.36. The normalized spacial score (nSPS) is 14.2. The largest absolute Gasteiger partial charge is 0.477 e. The van der Waals surface area contributed by atoms with Crippen LogP contribution in [0.4, 0.5) is 0 Å². The number of ether oxygens (including phenoxy) is 1. The molecule has 0 radical (unpaired) electrons. The maximum Gasteiger partial charge on any atom is 0.213 e. The molecule has 2 N–H and O–H groups in total. The number of benzene rings is 1. The van der Waals surface area contributed by atoms with Gasteiger partial charge in [0.2, 0.25) is 5.88 Å². The lowest BCUT2D eigenvalue weighted by Gasteiger charge is -2.12. The minimum atomic E-state index is 0.644. The van der Waals surface area contributed by atoms with Crippen molar-refractivity contribution in [3.05, 3.63) is 58.7 Å². The van der Waals surface area contributed by atoms with Crippen molar-refractivity contribution in [1.29, 1.82) is 0 Å². The molecule has 1 heterocycles. The highest BCUT2D eigenvalue weighted by atomic mass is 35.5. The Bertz CT molecular complexity index is 714. The summed E-state index contributed by atoms with van der Waals surface area (Å²) in [6.07, 6.45) is 4.39. The van der Waals surface area contributed by atoms with Gasteiger partial charge in [0.1, 0.15) is 0 Å². The number of hydrogen-bond donors (Lipinski definition) is 2. The molecular formula is C19H23ClN4O. The molecule has 0 atom stereocenters. The summed E-state index contributed by atoms with van der Waals surface area (Å²) >= 11 is 6.00. The van der Waals surface area contributed by atoms with Gasteiger partial charge in [0.25, 0.3) is 0 Å². The van der Waals surface area contributed by atoms with E-state index in [0.717, 1.165) is 34.6 Å². The average molecular weight is 359 g/mol. The molecule has 1 aliphatic rings. The number of aliphatic imine (C=N–C) groups is 1. The molecule has 5 nitrogen and oxygen atoms in total. The van der Waals surface area contributed by atoms with Gasteiger partial charge in [-0.15, -0.1) is 0 Å². The molecule has 0 amide bonds. The highest BCUT2D eigenvalue weighted by Crippen LogP contribution is 2.29. The zero-order valence-corrected chi connectivity index (χ0v) is 15.1. The van der Waals surface area contributed by atoms with Crippen LogP contribution in [0.2, 0.25) is 5.02 Å². The van der Waals surface area contributed by atoms with E-state index in [0.29, 0.717) is 19.0 Å².